The van der Waals surface area contributed by atoms with Crippen LogP contribution in [0.1, 0.15) is 310 Å². The number of hydrogen-bond acceptors (Lipinski definition) is 6. The van der Waals surface area contributed by atoms with Gasteiger partial charge in [-0.15, -0.1) is 0 Å². The quantitative estimate of drug-likeness (QED) is 0.0205. The lowest BCUT2D eigenvalue weighted by Gasteiger charge is -2.27. The molecule has 3 atom stereocenters. The highest BCUT2D eigenvalue weighted by Crippen LogP contribution is 2.43. The molecule has 0 saturated carbocycles. The van der Waals surface area contributed by atoms with Crippen LogP contribution in [-0.2, 0) is 27.9 Å². The summed E-state index contributed by atoms with van der Waals surface area (Å²) in [6, 6.07) is -0.841. The number of amides is 1. The van der Waals surface area contributed by atoms with Crippen LogP contribution in [0, 0.1) is 0 Å². The molecule has 2 N–H and O–H groups in total. The van der Waals surface area contributed by atoms with Crippen LogP contribution < -0.4 is 5.32 Å². The van der Waals surface area contributed by atoms with Gasteiger partial charge in [0.25, 0.3) is 0 Å². The molecule has 0 aliphatic heterocycles. The van der Waals surface area contributed by atoms with E-state index >= 15 is 0 Å². The maximum absolute atomic E-state index is 13.5. The Morgan fingerprint density at radius 3 is 1.18 bits per heavy atom. The molecule has 3 unspecified atom stereocenters. The van der Waals surface area contributed by atoms with Crippen LogP contribution in [0.15, 0.2) is 24.3 Å². The molecule has 0 aromatic carbocycles. The Hall–Kier alpha value is -1.51. The monoisotopic (exact) mass is 1040 g/mol. The summed E-state index contributed by atoms with van der Waals surface area (Å²) in [4.78, 5) is 37.6. The average molecular weight is 1040 g/mol. The number of hydrogen-bond donors (Lipinski definition) is 2. The number of nitrogens with zero attached hydrogens (tertiary/aromatic N) is 1. The van der Waals surface area contributed by atoms with Crippen LogP contribution in [0.3, 0.4) is 0 Å². The zero-order valence-corrected chi connectivity index (χ0v) is 49.6. The standard InChI is InChI=1S/C62H121N2O7P/c1-7-10-13-16-19-22-25-28-29-30-31-32-33-34-35-37-40-43-46-49-52-55-62(66)71-60(53-50-47-44-41-38-27-24-21-18-15-12-9-3)59(58-70-72(67,68)69-57-56-64(4,5)6)63-61(65)54-51-48-45-42-39-36-26-23-20-17-14-11-8-2/h28-29,50,53,59-60H,7-27,30-49,51-52,54-58H2,1-6H3,(H-,63,65,67,68)/p+1/b29-28+,53-50+. The van der Waals surface area contributed by atoms with E-state index in [1.54, 1.807) is 0 Å². The molecule has 0 spiro atoms. The van der Waals surface area contributed by atoms with Crippen molar-refractivity contribution in [3.63, 3.8) is 0 Å². The lowest BCUT2D eigenvalue weighted by atomic mass is 10.0. The predicted octanol–water partition coefficient (Wildman–Crippen LogP) is 18.9. The lowest BCUT2D eigenvalue weighted by molar-refractivity contribution is -0.870. The second-order valence-electron chi connectivity index (χ2n) is 22.6. The first-order chi connectivity index (χ1) is 34.9. The maximum Gasteiger partial charge on any atom is 0.472 e. The summed E-state index contributed by atoms with van der Waals surface area (Å²) in [5.41, 5.74) is 0. The molecule has 0 fully saturated rings. The van der Waals surface area contributed by atoms with Gasteiger partial charge >= 0.3 is 13.8 Å². The fourth-order valence-electron chi connectivity index (χ4n) is 9.29. The Bertz CT molecular complexity index is 1290. The highest BCUT2D eigenvalue weighted by atomic mass is 31.2. The first-order valence-electron chi connectivity index (χ1n) is 31.2. The van der Waals surface area contributed by atoms with Gasteiger partial charge in [0, 0.05) is 12.8 Å². The Morgan fingerprint density at radius 2 is 0.806 bits per heavy atom. The molecular formula is C62H122N2O7P+. The number of nitrogens with one attached hydrogen (secondary N) is 1. The first-order valence-corrected chi connectivity index (χ1v) is 32.7. The van der Waals surface area contributed by atoms with Gasteiger partial charge in [-0.05, 0) is 57.4 Å². The van der Waals surface area contributed by atoms with Gasteiger partial charge < -0.3 is 19.4 Å². The molecule has 9 nitrogen and oxygen atoms in total. The first kappa shape index (κ1) is 70.5. The van der Waals surface area contributed by atoms with Gasteiger partial charge in [-0.25, -0.2) is 4.57 Å². The molecular weight excluding hydrogens is 916 g/mol. The molecule has 0 radical (unpaired) electrons. The minimum Gasteiger partial charge on any atom is -0.456 e. The van der Waals surface area contributed by atoms with E-state index in [2.05, 4.69) is 38.2 Å². The molecule has 0 aliphatic rings. The third-order valence-electron chi connectivity index (χ3n) is 14.1. The summed E-state index contributed by atoms with van der Waals surface area (Å²) in [6.07, 6.45) is 61.7. The fourth-order valence-corrected chi connectivity index (χ4v) is 10.0. The van der Waals surface area contributed by atoms with Crippen molar-refractivity contribution >= 4 is 19.7 Å². The Kier molecular flexibility index (Phi) is 51.8. The maximum atomic E-state index is 13.5. The number of likely N-dealkylation sites (N-methyl/N-ethyl adjacent to an activating group) is 1. The SMILES string of the molecule is CCCCCCCC/C=C/CCCCCCCCCCCCCC(=O)OC(/C=C/CCCCCCCCCCCC)C(COP(=O)(O)OCC[N+](C)(C)C)NC(=O)CCCCCCCCCCCCCCC. The van der Waals surface area contributed by atoms with Crippen molar-refractivity contribution < 1.29 is 37.3 Å². The predicted molar refractivity (Wildman–Crippen MR) is 310 cm³/mol. The number of esters is 1. The number of quaternary nitrogens is 1. The van der Waals surface area contributed by atoms with E-state index in [-0.39, 0.29) is 25.1 Å². The van der Waals surface area contributed by atoms with Crippen LogP contribution in [-0.4, -0.2) is 74.3 Å². The number of carbonyl (C=O) groups excluding carboxylic acids is 2. The van der Waals surface area contributed by atoms with Crippen LogP contribution >= 0.6 is 7.82 Å². The van der Waals surface area contributed by atoms with Gasteiger partial charge in [0.2, 0.25) is 5.91 Å². The summed E-state index contributed by atoms with van der Waals surface area (Å²) in [5.74, 6) is -0.490. The third-order valence-corrected chi connectivity index (χ3v) is 15.1. The van der Waals surface area contributed by atoms with Crippen molar-refractivity contribution in [2.24, 2.45) is 0 Å². The van der Waals surface area contributed by atoms with Gasteiger partial charge in [-0.2, -0.15) is 0 Å². The lowest BCUT2D eigenvalue weighted by Crippen LogP contribution is -2.47. The minimum atomic E-state index is -4.44. The Morgan fingerprint density at radius 1 is 0.472 bits per heavy atom. The van der Waals surface area contributed by atoms with Gasteiger partial charge in [-0.1, -0.05) is 264 Å². The number of phosphoric acid groups is 1. The molecule has 0 bridgehead atoms. The summed E-state index contributed by atoms with van der Waals surface area (Å²) in [5, 5.41) is 3.06. The van der Waals surface area contributed by atoms with Crippen molar-refractivity contribution in [1.29, 1.82) is 0 Å². The van der Waals surface area contributed by atoms with E-state index in [1.807, 2.05) is 33.3 Å². The van der Waals surface area contributed by atoms with Crippen molar-refractivity contribution in [3.05, 3.63) is 24.3 Å². The van der Waals surface area contributed by atoms with Crippen LogP contribution in [0.5, 0.6) is 0 Å². The zero-order chi connectivity index (χ0) is 52.9. The number of phosphoric ester groups is 1. The van der Waals surface area contributed by atoms with Crippen molar-refractivity contribution in [2.75, 3.05) is 40.9 Å². The molecule has 1 amide bonds. The molecule has 0 heterocycles. The van der Waals surface area contributed by atoms with Gasteiger partial charge in [0.1, 0.15) is 19.3 Å². The highest BCUT2D eigenvalue weighted by molar-refractivity contribution is 7.47. The largest absolute Gasteiger partial charge is 0.472 e. The summed E-state index contributed by atoms with van der Waals surface area (Å²) in [6.45, 7) is 7.04. The summed E-state index contributed by atoms with van der Waals surface area (Å²) >= 11 is 0. The van der Waals surface area contributed by atoms with Crippen LogP contribution in [0.4, 0.5) is 0 Å². The molecule has 10 heteroatoms. The highest BCUT2D eigenvalue weighted by Gasteiger charge is 2.30. The van der Waals surface area contributed by atoms with E-state index < -0.39 is 20.0 Å². The minimum absolute atomic E-state index is 0.0439. The number of ether oxygens (including phenoxy) is 1. The number of carbonyl (C=O) groups is 2. The molecule has 72 heavy (non-hydrogen) atoms. The molecule has 426 valence electrons. The molecule has 0 rings (SSSR count). The molecule has 0 aromatic rings. The Balaban J connectivity index is 5.17. The Labute approximate surface area is 447 Å². The van der Waals surface area contributed by atoms with Crippen molar-refractivity contribution in [1.82, 2.24) is 5.32 Å². The molecule has 0 aliphatic carbocycles. The second-order valence-corrected chi connectivity index (χ2v) is 24.0. The zero-order valence-electron chi connectivity index (χ0n) is 48.7. The number of allylic oxidation sites excluding steroid dienone is 3. The number of unbranched alkanes of at least 4 members (excludes halogenated alkanes) is 39. The third kappa shape index (κ3) is 53.3. The van der Waals surface area contributed by atoms with E-state index in [9.17, 15) is 19.0 Å². The average Bonchev–Trinajstić information content (AvgIpc) is 3.34. The van der Waals surface area contributed by atoms with E-state index in [0.29, 0.717) is 23.9 Å². The van der Waals surface area contributed by atoms with Gasteiger partial charge in [-0.3, -0.25) is 18.6 Å². The van der Waals surface area contributed by atoms with Crippen LogP contribution in [0.25, 0.3) is 0 Å². The van der Waals surface area contributed by atoms with Gasteiger partial charge in [0.05, 0.1) is 33.8 Å². The van der Waals surface area contributed by atoms with E-state index in [0.717, 1.165) is 57.8 Å². The fraction of sp³-hybridized carbons (Fsp3) is 0.903. The second kappa shape index (κ2) is 52.9. The summed E-state index contributed by atoms with van der Waals surface area (Å²) in [7, 11) is 1.51. The van der Waals surface area contributed by atoms with Crippen molar-refractivity contribution in [3.8, 4) is 0 Å². The smallest absolute Gasteiger partial charge is 0.456 e. The summed E-state index contributed by atoms with van der Waals surface area (Å²) < 4.78 is 30.7. The number of rotatable bonds is 57. The normalized spacial score (nSPS) is 13.8. The van der Waals surface area contributed by atoms with Crippen molar-refractivity contribution in [2.45, 2.75) is 322 Å². The van der Waals surface area contributed by atoms with E-state index in [1.165, 1.54) is 218 Å². The topological polar surface area (TPSA) is 111 Å². The van der Waals surface area contributed by atoms with E-state index in [4.69, 9.17) is 13.8 Å². The van der Waals surface area contributed by atoms with Crippen LogP contribution in [0.2, 0.25) is 0 Å². The molecule has 0 aromatic heterocycles. The van der Waals surface area contributed by atoms with Gasteiger partial charge in [0.15, 0.2) is 0 Å². The molecule has 0 saturated heterocycles.